The van der Waals surface area contributed by atoms with Crippen LogP contribution in [0.3, 0.4) is 0 Å². The molecular formula is C16H16N2O3S. The maximum Gasteiger partial charge on any atom is 0.276 e. The largest absolute Gasteiger partial charge is 0.492 e. The van der Waals surface area contributed by atoms with E-state index in [1.807, 2.05) is 31.2 Å². The molecule has 22 heavy (non-hydrogen) atoms. The highest BCUT2D eigenvalue weighted by atomic mass is 32.2. The molecule has 3 rings (SSSR count). The van der Waals surface area contributed by atoms with Crippen molar-refractivity contribution < 1.29 is 13.2 Å². The molecule has 1 N–H and O–H groups in total. The number of benzene rings is 2. The Labute approximate surface area is 129 Å². The average Bonchev–Trinajstić information content (AvgIpc) is 2.53. The number of hydrogen-bond acceptors (Lipinski definition) is 4. The second kappa shape index (κ2) is 5.81. The van der Waals surface area contributed by atoms with Gasteiger partial charge in [0.05, 0.1) is 17.2 Å². The zero-order valence-electron chi connectivity index (χ0n) is 12.1. The first-order valence-electron chi connectivity index (χ1n) is 6.93. The number of aryl methyl sites for hydroxylation is 1. The van der Waals surface area contributed by atoms with Crippen molar-refractivity contribution in [2.24, 2.45) is 5.10 Å². The molecule has 114 valence electrons. The first kappa shape index (κ1) is 14.6. The monoisotopic (exact) mass is 316 g/mol. The summed E-state index contributed by atoms with van der Waals surface area (Å²) in [4.78, 5) is 2.51. The molecule has 5 nitrogen and oxygen atoms in total. The average molecular weight is 316 g/mol. The number of rotatable bonds is 3. The van der Waals surface area contributed by atoms with Gasteiger partial charge < -0.3 is 4.74 Å². The number of hydrogen-bond donors (Lipinski definition) is 1. The van der Waals surface area contributed by atoms with E-state index in [1.54, 1.807) is 24.3 Å². The molecule has 1 aliphatic rings. The lowest BCUT2D eigenvalue weighted by Gasteiger charge is -2.18. The minimum Gasteiger partial charge on any atom is -0.492 e. The summed E-state index contributed by atoms with van der Waals surface area (Å²) in [6.07, 6.45) is 0.563. The minimum absolute atomic E-state index is 0.197. The van der Waals surface area contributed by atoms with Crippen LogP contribution in [0.1, 0.15) is 17.5 Å². The molecule has 0 saturated heterocycles. The van der Waals surface area contributed by atoms with Crippen molar-refractivity contribution in [1.82, 2.24) is 4.83 Å². The van der Waals surface area contributed by atoms with Crippen LogP contribution in [-0.2, 0) is 10.0 Å². The van der Waals surface area contributed by atoms with Gasteiger partial charge in [-0.1, -0.05) is 29.8 Å². The van der Waals surface area contributed by atoms with Gasteiger partial charge in [0.25, 0.3) is 10.0 Å². The van der Waals surface area contributed by atoms with Gasteiger partial charge in [-0.25, -0.2) is 0 Å². The van der Waals surface area contributed by atoms with Gasteiger partial charge in [0, 0.05) is 12.0 Å². The number of nitrogens with one attached hydrogen (secondary N) is 1. The minimum atomic E-state index is -3.66. The molecule has 6 heteroatoms. The Balaban J connectivity index is 1.87. The Morgan fingerprint density at radius 3 is 2.59 bits per heavy atom. The van der Waals surface area contributed by atoms with Crippen LogP contribution in [0.2, 0.25) is 0 Å². The van der Waals surface area contributed by atoms with Crippen molar-refractivity contribution >= 4 is 15.7 Å². The van der Waals surface area contributed by atoms with Gasteiger partial charge in [-0.3, -0.25) is 0 Å². The summed E-state index contributed by atoms with van der Waals surface area (Å²) in [5.74, 6) is 0.724. The Morgan fingerprint density at radius 1 is 1.09 bits per heavy atom. The van der Waals surface area contributed by atoms with Crippen LogP contribution in [0.25, 0.3) is 0 Å². The van der Waals surface area contributed by atoms with E-state index in [0.29, 0.717) is 18.7 Å². The lowest BCUT2D eigenvalue weighted by Crippen LogP contribution is -2.23. The molecular weight excluding hydrogens is 300 g/mol. The molecule has 0 aliphatic carbocycles. The predicted octanol–water partition coefficient (Wildman–Crippen LogP) is 2.46. The maximum absolute atomic E-state index is 12.2. The molecule has 2 aromatic rings. The number of hydrazone groups is 1. The lowest BCUT2D eigenvalue weighted by atomic mass is 10.0. The fourth-order valence-electron chi connectivity index (χ4n) is 2.22. The molecule has 0 bridgehead atoms. The molecule has 0 aromatic heterocycles. The van der Waals surface area contributed by atoms with Crippen LogP contribution in [0.4, 0.5) is 0 Å². The third kappa shape index (κ3) is 2.96. The predicted molar refractivity (Wildman–Crippen MR) is 84.6 cm³/mol. The molecule has 2 aromatic carbocycles. The number of nitrogens with zero attached hydrogens (tertiary/aromatic N) is 1. The molecule has 0 amide bonds. The van der Waals surface area contributed by atoms with Crippen LogP contribution in [0.5, 0.6) is 5.75 Å². The Morgan fingerprint density at radius 2 is 1.82 bits per heavy atom. The van der Waals surface area contributed by atoms with E-state index in [9.17, 15) is 8.42 Å². The number of fused-ring (bicyclic) bond motifs is 1. The molecule has 0 atom stereocenters. The third-order valence-corrected chi connectivity index (χ3v) is 4.65. The Bertz CT molecular complexity index is 812. The van der Waals surface area contributed by atoms with Crippen molar-refractivity contribution in [2.75, 3.05) is 6.61 Å². The fourth-order valence-corrected chi connectivity index (χ4v) is 3.05. The normalized spacial score (nSPS) is 16.0. The van der Waals surface area contributed by atoms with Crippen LogP contribution in [0.15, 0.2) is 58.5 Å². The van der Waals surface area contributed by atoms with E-state index in [2.05, 4.69) is 9.93 Å². The zero-order chi connectivity index (χ0) is 15.6. The molecule has 0 saturated carbocycles. The molecule has 0 fully saturated rings. The molecule has 1 heterocycles. The SMILES string of the molecule is Cc1ccc(S(=O)(=O)NN=C2CCOc3ccccc32)cc1. The summed E-state index contributed by atoms with van der Waals surface area (Å²) in [6, 6.07) is 14.1. The Hall–Kier alpha value is -2.34. The zero-order valence-corrected chi connectivity index (χ0v) is 12.9. The molecule has 0 spiro atoms. The van der Waals surface area contributed by atoms with Gasteiger partial charge in [0.2, 0.25) is 0 Å². The van der Waals surface area contributed by atoms with Gasteiger partial charge in [0.15, 0.2) is 0 Å². The van der Waals surface area contributed by atoms with E-state index in [1.165, 1.54) is 0 Å². The Kier molecular flexibility index (Phi) is 3.85. The van der Waals surface area contributed by atoms with Crippen molar-refractivity contribution in [2.45, 2.75) is 18.2 Å². The van der Waals surface area contributed by atoms with Gasteiger partial charge in [-0.2, -0.15) is 18.4 Å². The van der Waals surface area contributed by atoms with Crippen LogP contribution in [0, 0.1) is 6.92 Å². The van der Waals surface area contributed by atoms with Crippen LogP contribution >= 0.6 is 0 Å². The highest BCUT2D eigenvalue weighted by molar-refractivity contribution is 7.89. The quantitative estimate of drug-likeness (QED) is 0.885. The number of ether oxygens (including phenoxy) is 1. The molecule has 1 aliphatic heterocycles. The highest BCUT2D eigenvalue weighted by Gasteiger charge is 2.18. The summed E-state index contributed by atoms with van der Waals surface area (Å²) in [5, 5.41) is 4.09. The summed E-state index contributed by atoms with van der Waals surface area (Å²) >= 11 is 0. The van der Waals surface area contributed by atoms with Gasteiger partial charge in [-0.05, 0) is 31.2 Å². The van der Waals surface area contributed by atoms with Crippen molar-refractivity contribution in [3.8, 4) is 5.75 Å². The molecule has 0 unspecified atom stereocenters. The number of para-hydroxylation sites is 1. The first-order valence-corrected chi connectivity index (χ1v) is 8.42. The third-order valence-electron chi connectivity index (χ3n) is 3.43. The summed E-state index contributed by atoms with van der Waals surface area (Å²) < 4.78 is 30.0. The van der Waals surface area contributed by atoms with E-state index in [0.717, 1.165) is 16.9 Å². The van der Waals surface area contributed by atoms with Gasteiger partial charge in [0.1, 0.15) is 5.75 Å². The van der Waals surface area contributed by atoms with Crippen LogP contribution < -0.4 is 9.57 Å². The topological polar surface area (TPSA) is 67.8 Å². The van der Waals surface area contributed by atoms with E-state index >= 15 is 0 Å². The van der Waals surface area contributed by atoms with Crippen molar-refractivity contribution in [3.05, 3.63) is 59.7 Å². The first-order chi connectivity index (χ1) is 10.6. The second-order valence-corrected chi connectivity index (χ2v) is 6.72. The standard InChI is InChI=1S/C16H16N2O3S/c1-12-6-8-13(9-7-12)22(19,20)18-17-15-10-11-21-16-5-3-2-4-14(15)16/h2-9,18H,10-11H2,1H3. The maximum atomic E-state index is 12.2. The second-order valence-electron chi connectivity index (χ2n) is 5.06. The van der Waals surface area contributed by atoms with Gasteiger partial charge >= 0.3 is 0 Å². The van der Waals surface area contributed by atoms with Gasteiger partial charge in [-0.15, -0.1) is 0 Å². The summed E-state index contributed by atoms with van der Waals surface area (Å²) in [5.41, 5.74) is 2.50. The summed E-state index contributed by atoms with van der Waals surface area (Å²) in [6.45, 7) is 2.39. The smallest absolute Gasteiger partial charge is 0.276 e. The van der Waals surface area contributed by atoms with Crippen molar-refractivity contribution in [3.63, 3.8) is 0 Å². The van der Waals surface area contributed by atoms with E-state index in [-0.39, 0.29) is 4.90 Å². The van der Waals surface area contributed by atoms with E-state index < -0.39 is 10.0 Å². The highest BCUT2D eigenvalue weighted by Crippen LogP contribution is 2.24. The summed E-state index contributed by atoms with van der Waals surface area (Å²) in [7, 11) is -3.66. The fraction of sp³-hybridized carbons (Fsp3) is 0.188. The lowest BCUT2D eigenvalue weighted by molar-refractivity contribution is 0.320. The molecule has 0 radical (unpaired) electrons. The van der Waals surface area contributed by atoms with Crippen molar-refractivity contribution in [1.29, 1.82) is 0 Å². The number of sulfonamides is 1. The van der Waals surface area contributed by atoms with E-state index in [4.69, 9.17) is 4.74 Å². The van der Waals surface area contributed by atoms with Crippen LogP contribution in [-0.4, -0.2) is 20.7 Å².